The summed E-state index contributed by atoms with van der Waals surface area (Å²) in [5.74, 6) is 0.0427. The fourth-order valence-corrected chi connectivity index (χ4v) is 2.87. The molecule has 0 aromatic heterocycles. The van der Waals surface area contributed by atoms with Crippen molar-refractivity contribution in [2.75, 3.05) is 46.2 Å². The van der Waals surface area contributed by atoms with Crippen molar-refractivity contribution in [3.63, 3.8) is 0 Å². The van der Waals surface area contributed by atoms with Crippen molar-refractivity contribution in [1.82, 2.24) is 15.6 Å². The summed E-state index contributed by atoms with van der Waals surface area (Å²) in [7, 11) is 0. The zero-order valence-corrected chi connectivity index (χ0v) is 24.7. The number of hydrazine groups is 2. The van der Waals surface area contributed by atoms with Gasteiger partial charge in [-0.1, -0.05) is 69.2 Å². The van der Waals surface area contributed by atoms with Crippen LogP contribution in [0.4, 0.5) is 0 Å². The van der Waals surface area contributed by atoms with Gasteiger partial charge in [0.1, 0.15) is 0 Å². The van der Waals surface area contributed by atoms with Gasteiger partial charge in [-0.3, -0.25) is 20.2 Å². The molecule has 1 heterocycles. The van der Waals surface area contributed by atoms with Crippen LogP contribution in [-0.2, 0) is 28.7 Å². The van der Waals surface area contributed by atoms with Crippen molar-refractivity contribution in [3.8, 4) is 0 Å². The highest BCUT2D eigenvalue weighted by Crippen LogP contribution is 2.37. The van der Waals surface area contributed by atoms with Crippen LogP contribution in [0.25, 0.3) is 0 Å². The number of hydroxylamine groups is 2. The molecule has 0 aliphatic carbocycles. The van der Waals surface area contributed by atoms with Crippen molar-refractivity contribution in [3.05, 3.63) is 11.5 Å². The third kappa shape index (κ3) is 10.4. The van der Waals surface area contributed by atoms with Gasteiger partial charge in [0.2, 0.25) is 11.7 Å². The van der Waals surface area contributed by atoms with E-state index in [4.69, 9.17) is 34.5 Å². The van der Waals surface area contributed by atoms with E-state index in [1.807, 2.05) is 6.92 Å². The van der Waals surface area contributed by atoms with E-state index in [1.165, 1.54) is 15.6 Å². The summed E-state index contributed by atoms with van der Waals surface area (Å²) in [6, 6.07) is 0. The summed E-state index contributed by atoms with van der Waals surface area (Å²) in [6.07, 6.45) is 0. The summed E-state index contributed by atoms with van der Waals surface area (Å²) in [5, 5.41) is 4.31. The lowest BCUT2D eigenvalue weighted by atomic mass is 10.1. The molecule has 0 saturated heterocycles. The predicted molar refractivity (Wildman–Crippen MR) is 140 cm³/mol. The van der Waals surface area contributed by atoms with Gasteiger partial charge < -0.3 is 14.2 Å². The van der Waals surface area contributed by atoms with Gasteiger partial charge in [-0.25, -0.2) is 0 Å². The monoisotopic (exact) mass is 518 g/mol. The van der Waals surface area contributed by atoms with Crippen LogP contribution in [0, 0.1) is 29.6 Å². The maximum Gasteiger partial charge on any atom is 0.247 e. The highest BCUT2D eigenvalue weighted by molar-refractivity contribution is 5.20. The largest absolute Gasteiger partial charge is 0.476 e. The molecule has 214 valence electrons. The van der Waals surface area contributed by atoms with Crippen molar-refractivity contribution >= 4 is 0 Å². The highest BCUT2D eigenvalue weighted by atomic mass is 17.0. The second kappa shape index (κ2) is 16.1. The second-order valence-electron chi connectivity index (χ2n) is 11.4. The minimum Gasteiger partial charge on any atom is -0.476 e. The molecule has 1 unspecified atom stereocenters. The van der Waals surface area contributed by atoms with Crippen LogP contribution in [0.1, 0.15) is 76.2 Å². The Morgan fingerprint density at radius 1 is 0.694 bits per heavy atom. The number of hydrogen-bond donors (Lipinski definition) is 1. The average Bonchev–Trinajstić information content (AvgIpc) is 2.77. The molecule has 0 aromatic rings. The molecule has 0 radical (unpaired) electrons. The first kappa shape index (κ1) is 33.0. The van der Waals surface area contributed by atoms with E-state index in [2.05, 4.69) is 69.2 Å². The van der Waals surface area contributed by atoms with Crippen LogP contribution in [0.2, 0.25) is 0 Å². The van der Waals surface area contributed by atoms with Gasteiger partial charge in [0.05, 0.1) is 45.2 Å². The summed E-state index contributed by atoms with van der Waals surface area (Å²) < 4.78 is 18.6. The van der Waals surface area contributed by atoms with E-state index in [1.54, 1.807) is 0 Å². The lowest BCUT2D eigenvalue weighted by Gasteiger charge is -2.51. The molecule has 2 N–H and O–H groups in total. The summed E-state index contributed by atoms with van der Waals surface area (Å²) in [5.41, 5.74) is 7.65. The smallest absolute Gasteiger partial charge is 0.247 e. The molecule has 0 bridgehead atoms. The minimum absolute atomic E-state index is 0.166. The van der Waals surface area contributed by atoms with Gasteiger partial charge in [0, 0.05) is 11.9 Å². The third-order valence-corrected chi connectivity index (χ3v) is 4.68. The first-order chi connectivity index (χ1) is 16.8. The Hall–Kier alpha value is -0.980. The predicted octanol–water partition coefficient (Wildman–Crippen LogP) is 4.70. The van der Waals surface area contributed by atoms with E-state index in [0.717, 1.165) is 0 Å². The second-order valence-corrected chi connectivity index (χ2v) is 11.4. The van der Waals surface area contributed by atoms with Crippen molar-refractivity contribution in [1.29, 1.82) is 0 Å². The van der Waals surface area contributed by atoms with Crippen LogP contribution in [0.3, 0.4) is 0 Å². The van der Waals surface area contributed by atoms with E-state index in [-0.39, 0.29) is 36.2 Å². The van der Waals surface area contributed by atoms with E-state index in [9.17, 15) is 0 Å². The van der Waals surface area contributed by atoms with Crippen LogP contribution < -0.4 is 5.73 Å². The topological polar surface area (TPSA) is 91.1 Å². The molecule has 10 heteroatoms. The SMILES string of the molecule is CCOCC1=C(OCC(C)C)N(OCC(C)C)N(OCC(C)C)N(OCC(C)C)C1(N)OCC(C)C. The zero-order chi connectivity index (χ0) is 27.5. The molecule has 36 heavy (non-hydrogen) atoms. The van der Waals surface area contributed by atoms with Crippen LogP contribution in [0.15, 0.2) is 11.5 Å². The fraction of sp³-hybridized carbons (Fsp3) is 0.923. The molecule has 0 fully saturated rings. The van der Waals surface area contributed by atoms with Gasteiger partial charge >= 0.3 is 0 Å². The first-order valence-electron chi connectivity index (χ1n) is 13.5. The standard InChI is InChI=1S/C26H54N4O6/c1-12-31-18-24-25(32-13-19(2)3)28(34-15-21(6)7)30(36-17-23(10)11)29(35-16-22(8)9)26(24,27)33-14-20(4)5/h19-23H,12-18,27H2,1-11H3. The van der Waals surface area contributed by atoms with Crippen LogP contribution in [0.5, 0.6) is 0 Å². The highest BCUT2D eigenvalue weighted by Gasteiger charge is 2.54. The van der Waals surface area contributed by atoms with Gasteiger partial charge in [-0.05, 0) is 41.7 Å². The quantitative estimate of drug-likeness (QED) is 0.257. The van der Waals surface area contributed by atoms with E-state index in [0.29, 0.717) is 51.1 Å². The van der Waals surface area contributed by atoms with Gasteiger partial charge in [0.25, 0.3) is 0 Å². The Morgan fingerprint density at radius 2 is 1.19 bits per heavy atom. The van der Waals surface area contributed by atoms with Crippen molar-refractivity contribution in [2.45, 2.75) is 82.0 Å². The molecule has 1 atom stereocenters. The summed E-state index contributed by atoms with van der Waals surface area (Å²) >= 11 is 0. The van der Waals surface area contributed by atoms with Gasteiger partial charge in [0.15, 0.2) is 0 Å². The Kier molecular flexibility index (Phi) is 14.8. The number of nitrogens with two attached hydrogens (primary N) is 1. The Balaban J connectivity index is 3.77. The lowest BCUT2D eigenvalue weighted by molar-refractivity contribution is -0.578. The summed E-state index contributed by atoms with van der Waals surface area (Å²) in [4.78, 5) is 18.8. The van der Waals surface area contributed by atoms with Crippen LogP contribution in [-0.4, -0.2) is 67.7 Å². The maximum atomic E-state index is 7.09. The van der Waals surface area contributed by atoms with E-state index >= 15 is 0 Å². The number of ether oxygens (including phenoxy) is 3. The Morgan fingerprint density at radius 3 is 1.69 bits per heavy atom. The molecule has 1 aliphatic heterocycles. The Bertz CT molecular complexity index is 644. The zero-order valence-electron chi connectivity index (χ0n) is 24.7. The van der Waals surface area contributed by atoms with E-state index < -0.39 is 5.85 Å². The molecular formula is C26H54N4O6. The molecule has 0 spiro atoms. The van der Waals surface area contributed by atoms with Gasteiger partial charge in [-0.15, -0.1) is 5.17 Å². The lowest BCUT2D eigenvalue weighted by Crippen LogP contribution is -2.72. The molecule has 0 aromatic carbocycles. The van der Waals surface area contributed by atoms with Crippen molar-refractivity contribution in [2.24, 2.45) is 35.3 Å². The number of hydrogen-bond acceptors (Lipinski definition) is 10. The van der Waals surface area contributed by atoms with Gasteiger partial charge in [-0.2, -0.15) is 0 Å². The first-order valence-corrected chi connectivity index (χ1v) is 13.5. The normalized spacial score (nSPS) is 20.3. The minimum atomic E-state index is -1.56. The Labute approximate surface area is 219 Å². The average molecular weight is 519 g/mol. The number of rotatable bonds is 18. The van der Waals surface area contributed by atoms with Crippen molar-refractivity contribution < 1.29 is 28.7 Å². The maximum absolute atomic E-state index is 7.09. The molecule has 1 aliphatic rings. The summed E-state index contributed by atoms with van der Waals surface area (Å²) in [6.45, 7) is 25.3. The molecule has 0 saturated carbocycles. The molecule has 1 rings (SSSR count). The fourth-order valence-electron chi connectivity index (χ4n) is 2.87. The van der Waals surface area contributed by atoms with Crippen LogP contribution >= 0.6 is 0 Å². The molecular weight excluding hydrogens is 464 g/mol. The molecule has 10 nitrogen and oxygen atoms in total. The number of nitrogens with zero attached hydrogens (tertiary/aromatic N) is 3. The third-order valence-electron chi connectivity index (χ3n) is 4.68. The molecule has 0 amide bonds.